The van der Waals surface area contributed by atoms with Crippen LogP contribution in [0.25, 0.3) is 16.9 Å². The zero-order valence-electron chi connectivity index (χ0n) is 14.8. The van der Waals surface area contributed by atoms with Crippen LogP contribution in [0.5, 0.6) is 0 Å². The molecular formula is C21H19N3O2S. The average Bonchev–Trinajstić information content (AvgIpc) is 3.08. The van der Waals surface area contributed by atoms with Crippen LogP contribution in [0.1, 0.15) is 11.1 Å². The van der Waals surface area contributed by atoms with Crippen LogP contribution in [0.3, 0.4) is 0 Å². The second-order valence-corrected chi connectivity index (χ2v) is 8.24. The molecular weight excluding hydrogens is 358 g/mol. The van der Waals surface area contributed by atoms with E-state index in [1.165, 1.54) is 0 Å². The summed E-state index contributed by atoms with van der Waals surface area (Å²) in [5, 5.41) is 0. The number of hydrogen-bond donors (Lipinski definition) is 1. The van der Waals surface area contributed by atoms with E-state index < -0.39 is 10.0 Å². The van der Waals surface area contributed by atoms with Crippen molar-refractivity contribution in [3.8, 4) is 11.3 Å². The van der Waals surface area contributed by atoms with Crippen molar-refractivity contribution in [1.29, 1.82) is 0 Å². The molecule has 0 saturated heterocycles. The van der Waals surface area contributed by atoms with Gasteiger partial charge in [-0.1, -0.05) is 48.0 Å². The summed E-state index contributed by atoms with van der Waals surface area (Å²) in [4.78, 5) is 4.57. The third-order valence-corrected chi connectivity index (χ3v) is 5.56. The summed E-state index contributed by atoms with van der Waals surface area (Å²) in [6.07, 6.45) is 3.89. The number of imidazole rings is 1. The molecule has 27 heavy (non-hydrogen) atoms. The number of nitrogens with zero attached hydrogens (tertiary/aromatic N) is 2. The smallest absolute Gasteiger partial charge is 0.236 e. The van der Waals surface area contributed by atoms with Crippen LogP contribution in [0.4, 0.5) is 5.69 Å². The molecule has 1 N–H and O–H groups in total. The Morgan fingerprint density at radius 3 is 2.41 bits per heavy atom. The van der Waals surface area contributed by atoms with E-state index >= 15 is 0 Å². The number of nitrogens with one attached hydrogen (secondary N) is 1. The van der Waals surface area contributed by atoms with Gasteiger partial charge in [-0.25, -0.2) is 13.4 Å². The first-order valence-corrected chi connectivity index (χ1v) is 10.2. The summed E-state index contributed by atoms with van der Waals surface area (Å²) < 4.78 is 29.4. The lowest BCUT2D eigenvalue weighted by molar-refractivity contribution is 0.600. The summed E-state index contributed by atoms with van der Waals surface area (Å²) in [6, 6.07) is 20.6. The Morgan fingerprint density at radius 1 is 0.963 bits per heavy atom. The molecule has 0 unspecified atom stereocenters. The van der Waals surface area contributed by atoms with Crippen molar-refractivity contribution in [1.82, 2.24) is 9.38 Å². The first kappa shape index (κ1) is 17.3. The highest BCUT2D eigenvalue weighted by atomic mass is 32.2. The minimum Gasteiger partial charge on any atom is -0.306 e. The second kappa shape index (κ2) is 6.89. The van der Waals surface area contributed by atoms with Gasteiger partial charge in [0.1, 0.15) is 5.65 Å². The number of anilines is 1. The standard InChI is InChI=1S/C21H19N3O2S/c1-16-5-7-17(8-6-16)15-27(25,26)23-19-11-9-18(10-12-19)20-14-24-13-3-2-4-21(24)22-20/h2-14,23H,15H2,1H3. The van der Waals surface area contributed by atoms with Crippen LogP contribution in [0, 0.1) is 6.92 Å². The zero-order valence-corrected chi connectivity index (χ0v) is 15.6. The molecule has 0 radical (unpaired) electrons. The number of benzene rings is 2. The fourth-order valence-electron chi connectivity index (χ4n) is 2.90. The SMILES string of the molecule is Cc1ccc(CS(=O)(=O)Nc2ccc(-c3cn4ccccc4n3)cc2)cc1. The first-order valence-electron chi connectivity index (χ1n) is 8.59. The quantitative estimate of drug-likeness (QED) is 0.565. The van der Waals surface area contributed by atoms with Crippen molar-refractivity contribution in [3.05, 3.63) is 90.3 Å². The lowest BCUT2D eigenvalue weighted by Crippen LogP contribution is -2.15. The third kappa shape index (κ3) is 4.01. The van der Waals surface area contributed by atoms with Gasteiger partial charge in [0, 0.05) is 23.6 Å². The minimum atomic E-state index is -3.47. The maximum Gasteiger partial charge on any atom is 0.236 e. The predicted octanol–water partition coefficient (Wildman–Crippen LogP) is 4.25. The molecule has 0 bridgehead atoms. The molecule has 0 spiro atoms. The van der Waals surface area contributed by atoms with Crippen molar-refractivity contribution in [2.45, 2.75) is 12.7 Å². The largest absolute Gasteiger partial charge is 0.306 e. The molecule has 2 heterocycles. The van der Waals surface area contributed by atoms with Gasteiger partial charge in [0.25, 0.3) is 0 Å². The van der Waals surface area contributed by atoms with Crippen molar-refractivity contribution >= 4 is 21.4 Å². The van der Waals surface area contributed by atoms with Gasteiger partial charge in [0.05, 0.1) is 11.4 Å². The summed E-state index contributed by atoms with van der Waals surface area (Å²) in [7, 11) is -3.47. The van der Waals surface area contributed by atoms with Crippen LogP contribution in [-0.4, -0.2) is 17.8 Å². The summed E-state index contributed by atoms with van der Waals surface area (Å²) in [5.41, 5.74) is 5.04. The topological polar surface area (TPSA) is 63.5 Å². The molecule has 0 saturated carbocycles. The van der Waals surface area contributed by atoms with E-state index in [0.29, 0.717) is 5.69 Å². The summed E-state index contributed by atoms with van der Waals surface area (Å²) >= 11 is 0. The maximum absolute atomic E-state index is 12.4. The number of fused-ring (bicyclic) bond motifs is 1. The Kier molecular flexibility index (Phi) is 4.41. The Bertz CT molecular complexity index is 1150. The molecule has 0 aliphatic carbocycles. The van der Waals surface area contributed by atoms with Gasteiger partial charge in [-0.2, -0.15) is 0 Å². The van der Waals surface area contributed by atoms with Gasteiger partial charge in [-0.15, -0.1) is 0 Å². The highest BCUT2D eigenvalue weighted by Gasteiger charge is 2.12. The molecule has 0 atom stereocenters. The molecule has 0 amide bonds. The van der Waals surface area contributed by atoms with Gasteiger partial charge in [-0.3, -0.25) is 4.72 Å². The second-order valence-electron chi connectivity index (χ2n) is 6.52. The Labute approximate surface area is 158 Å². The van der Waals surface area contributed by atoms with Gasteiger partial charge >= 0.3 is 0 Å². The Hall–Kier alpha value is -3.12. The van der Waals surface area contributed by atoms with Crippen LogP contribution in [-0.2, 0) is 15.8 Å². The number of aryl methyl sites for hydroxylation is 1. The normalized spacial score (nSPS) is 11.6. The number of hydrogen-bond acceptors (Lipinski definition) is 3. The fraction of sp³-hybridized carbons (Fsp3) is 0.0952. The molecule has 2 aromatic carbocycles. The number of aromatic nitrogens is 2. The molecule has 0 fully saturated rings. The average molecular weight is 377 g/mol. The van der Waals surface area contributed by atoms with E-state index in [-0.39, 0.29) is 5.75 Å². The molecule has 0 aliphatic rings. The highest BCUT2D eigenvalue weighted by Crippen LogP contribution is 2.22. The van der Waals surface area contributed by atoms with E-state index in [1.54, 1.807) is 12.1 Å². The molecule has 4 rings (SSSR count). The van der Waals surface area contributed by atoms with Crippen LogP contribution >= 0.6 is 0 Å². The lowest BCUT2D eigenvalue weighted by atomic mass is 10.1. The number of sulfonamides is 1. The molecule has 5 nitrogen and oxygen atoms in total. The number of rotatable bonds is 5. The van der Waals surface area contributed by atoms with Crippen LogP contribution in [0.2, 0.25) is 0 Å². The van der Waals surface area contributed by atoms with E-state index in [1.807, 2.05) is 78.3 Å². The van der Waals surface area contributed by atoms with E-state index in [2.05, 4.69) is 9.71 Å². The first-order chi connectivity index (χ1) is 13.0. The lowest BCUT2D eigenvalue weighted by Gasteiger charge is -2.09. The zero-order chi connectivity index (χ0) is 18.9. The van der Waals surface area contributed by atoms with Gasteiger partial charge in [0.15, 0.2) is 0 Å². The predicted molar refractivity (Wildman–Crippen MR) is 108 cm³/mol. The van der Waals surface area contributed by atoms with Gasteiger partial charge in [0.2, 0.25) is 10.0 Å². The van der Waals surface area contributed by atoms with Gasteiger partial charge < -0.3 is 4.40 Å². The van der Waals surface area contributed by atoms with Crippen LogP contribution in [0.15, 0.2) is 79.1 Å². The monoisotopic (exact) mass is 377 g/mol. The molecule has 4 aromatic rings. The number of pyridine rings is 1. The van der Waals surface area contributed by atoms with Crippen molar-refractivity contribution in [3.63, 3.8) is 0 Å². The van der Waals surface area contributed by atoms with Crippen molar-refractivity contribution in [2.24, 2.45) is 0 Å². The Balaban J connectivity index is 1.50. The Morgan fingerprint density at radius 2 is 1.70 bits per heavy atom. The summed E-state index contributed by atoms with van der Waals surface area (Å²) in [5.74, 6) is -0.0541. The van der Waals surface area contributed by atoms with E-state index in [9.17, 15) is 8.42 Å². The highest BCUT2D eigenvalue weighted by molar-refractivity contribution is 7.91. The molecule has 136 valence electrons. The molecule has 0 aliphatic heterocycles. The third-order valence-electron chi connectivity index (χ3n) is 4.30. The van der Waals surface area contributed by atoms with Gasteiger partial charge in [-0.05, 0) is 36.8 Å². The van der Waals surface area contributed by atoms with Crippen molar-refractivity contribution < 1.29 is 8.42 Å². The maximum atomic E-state index is 12.4. The molecule has 6 heteroatoms. The van der Waals surface area contributed by atoms with Crippen LogP contribution < -0.4 is 4.72 Å². The fourth-order valence-corrected chi connectivity index (χ4v) is 4.10. The summed E-state index contributed by atoms with van der Waals surface area (Å²) in [6.45, 7) is 1.97. The van der Waals surface area contributed by atoms with Crippen molar-refractivity contribution in [2.75, 3.05) is 4.72 Å². The van der Waals surface area contributed by atoms with E-state index in [4.69, 9.17) is 0 Å². The molecule has 2 aromatic heterocycles. The van der Waals surface area contributed by atoms with E-state index in [0.717, 1.165) is 28.0 Å². The minimum absolute atomic E-state index is 0.0541.